The van der Waals surface area contributed by atoms with Gasteiger partial charge in [-0.3, -0.25) is 4.79 Å². The average Bonchev–Trinajstić information content (AvgIpc) is 2.46. The minimum absolute atomic E-state index is 0.0499. The summed E-state index contributed by atoms with van der Waals surface area (Å²) in [5.74, 6) is -1.04. The van der Waals surface area contributed by atoms with Crippen LogP contribution in [0.15, 0.2) is 29.2 Å². The second-order valence-electron chi connectivity index (χ2n) is 6.48. The van der Waals surface area contributed by atoms with Gasteiger partial charge in [-0.2, -0.15) is 4.31 Å². The number of hydrogen-bond donors (Lipinski definition) is 2. The molecule has 0 amide bonds. The number of rotatable bonds is 3. The standard InChI is InChI=1S/C15H22N2O4S/c1-15(2,3)11-4-6-12(7-5-11)22(20,21)17-9-8-16-13(10-17)14(18)19/h4-7,13,16H,8-10H2,1-3H3,(H,18,19)/t13-/m0/s1. The molecule has 0 aromatic heterocycles. The molecule has 22 heavy (non-hydrogen) atoms. The van der Waals surface area contributed by atoms with Crippen molar-refractivity contribution in [1.82, 2.24) is 9.62 Å². The van der Waals surface area contributed by atoms with Crippen molar-refractivity contribution in [2.24, 2.45) is 0 Å². The van der Waals surface area contributed by atoms with Gasteiger partial charge in [0.1, 0.15) is 6.04 Å². The van der Waals surface area contributed by atoms with Gasteiger partial charge < -0.3 is 10.4 Å². The Morgan fingerprint density at radius 1 is 1.27 bits per heavy atom. The van der Waals surface area contributed by atoms with E-state index >= 15 is 0 Å². The molecule has 1 atom stereocenters. The van der Waals surface area contributed by atoms with Crippen LogP contribution in [0.25, 0.3) is 0 Å². The van der Waals surface area contributed by atoms with Crippen LogP contribution in [0.5, 0.6) is 0 Å². The van der Waals surface area contributed by atoms with E-state index in [9.17, 15) is 13.2 Å². The summed E-state index contributed by atoms with van der Waals surface area (Å²) in [7, 11) is -3.66. The van der Waals surface area contributed by atoms with Crippen LogP contribution < -0.4 is 5.32 Å². The summed E-state index contributed by atoms with van der Waals surface area (Å²) in [6, 6.07) is 5.94. The van der Waals surface area contributed by atoms with Crippen LogP contribution >= 0.6 is 0 Å². The monoisotopic (exact) mass is 326 g/mol. The van der Waals surface area contributed by atoms with Gasteiger partial charge >= 0.3 is 5.97 Å². The predicted octanol–water partition coefficient (Wildman–Crippen LogP) is 1.03. The number of sulfonamides is 1. The Kier molecular flexibility index (Phi) is 4.60. The highest BCUT2D eigenvalue weighted by atomic mass is 32.2. The van der Waals surface area contributed by atoms with Gasteiger partial charge in [0, 0.05) is 19.6 Å². The number of carboxylic acids is 1. The zero-order valence-corrected chi connectivity index (χ0v) is 13.9. The van der Waals surface area contributed by atoms with E-state index in [2.05, 4.69) is 26.1 Å². The van der Waals surface area contributed by atoms with Crippen molar-refractivity contribution in [3.05, 3.63) is 29.8 Å². The Hall–Kier alpha value is -1.44. The summed E-state index contributed by atoms with van der Waals surface area (Å²) in [6.45, 7) is 6.72. The normalized spacial score (nSPS) is 20.8. The quantitative estimate of drug-likeness (QED) is 0.866. The third kappa shape index (κ3) is 3.48. The van der Waals surface area contributed by atoms with Crippen molar-refractivity contribution >= 4 is 16.0 Å². The topological polar surface area (TPSA) is 86.7 Å². The SMILES string of the molecule is CC(C)(C)c1ccc(S(=O)(=O)N2CCN[C@H](C(=O)O)C2)cc1. The second-order valence-corrected chi connectivity index (χ2v) is 8.42. The number of nitrogens with one attached hydrogen (secondary N) is 1. The van der Waals surface area contributed by atoms with Crippen LogP contribution in [0.3, 0.4) is 0 Å². The maximum atomic E-state index is 12.6. The molecule has 122 valence electrons. The minimum atomic E-state index is -3.66. The predicted molar refractivity (Wildman–Crippen MR) is 83.3 cm³/mol. The fourth-order valence-electron chi connectivity index (χ4n) is 2.38. The van der Waals surface area contributed by atoms with Crippen LogP contribution in [-0.2, 0) is 20.2 Å². The number of aliphatic carboxylic acids is 1. The van der Waals surface area contributed by atoms with Crippen molar-refractivity contribution in [3.8, 4) is 0 Å². The summed E-state index contributed by atoms with van der Waals surface area (Å²) in [5, 5.41) is 11.8. The lowest BCUT2D eigenvalue weighted by atomic mass is 9.87. The largest absolute Gasteiger partial charge is 0.480 e. The molecule has 0 radical (unpaired) electrons. The van der Waals surface area contributed by atoms with Gasteiger partial charge in [0.2, 0.25) is 10.0 Å². The minimum Gasteiger partial charge on any atom is -0.480 e. The maximum absolute atomic E-state index is 12.6. The molecule has 1 fully saturated rings. The molecule has 2 rings (SSSR count). The highest BCUT2D eigenvalue weighted by molar-refractivity contribution is 7.89. The molecule has 0 aliphatic carbocycles. The number of carbonyl (C=O) groups is 1. The van der Waals surface area contributed by atoms with Gasteiger partial charge in [-0.25, -0.2) is 8.42 Å². The van der Waals surface area contributed by atoms with E-state index in [-0.39, 0.29) is 23.4 Å². The molecular formula is C15H22N2O4S. The Morgan fingerprint density at radius 2 is 1.86 bits per heavy atom. The summed E-state index contributed by atoms with van der Waals surface area (Å²) in [5.41, 5.74) is 1.00. The van der Waals surface area contributed by atoms with Gasteiger partial charge in [-0.05, 0) is 23.1 Å². The first kappa shape index (κ1) is 16.9. The van der Waals surface area contributed by atoms with Crippen LogP contribution in [0, 0.1) is 0 Å². The third-order valence-corrected chi connectivity index (χ3v) is 5.67. The molecule has 1 saturated heterocycles. The Bertz CT molecular complexity index is 647. The number of carboxylic acid groups (broad SMARTS) is 1. The van der Waals surface area contributed by atoms with Crippen molar-refractivity contribution in [2.75, 3.05) is 19.6 Å². The van der Waals surface area contributed by atoms with Crippen LogP contribution in [0.1, 0.15) is 26.3 Å². The van der Waals surface area contributed by atoms with Gasteiger partial charge in [-0.15, -0.1) is 0 Å². The Balaban J connectivity index is 2.25. The molecule has 0 bridgehead atoms. The number of piperazine rings is 1. The fourth-order valence-corrected chi connectivity index (χ4v) is 3.84. The highest BCUT2D eigenvalue weighted by Gasteiger charge is 2.33. The lowest BCUT2D eigenvalue weighted by Crippen LogP contribution is -2.55. The zero-order valence-electron chi connectivity index (χ0n) is 13.0. The molecule has 1 aliphatic heterocycles. The zero-order chi connectivity index (χ0) is 16.5. The van der Waals surface area contributed by atoms with Crippen molar-refractivity contribution in [3.63, 3.8) is 0 Å². The second kappa shape index (κ2) is 5.98. The molecular weight excluding hydrogens is 304 g/mol. The van der Waals surface area contributed by atoms with E-state index in [1.807, 2.05) is 12.1 Å². The number of hydrogen-bond acceptors (Lipinski definition) is 4. The van der Waals surface area contributed by atoms with Crippen LogP contribution in [0.4, 0.5) is 0 Å². The number of benzene rings is 1. The van der Waals surface area contributed by atoms with Gasteiger partial charge in [0.05, 0.1) is 4.90 Å². The van der Waals surface area contributed by atoms with E-state index in [0.29, 0.717) is 6.54 Å². The smallest absolute Gasteiger partial charge is 0.322 e. The fraction of sp³-hybridized carbons (Fsp3) is 0.533. The van der Waals surface area contributed by atoms with Gasteiger partial charge in [0.25, 0.3) is 0 Å². The van der Waals surface area contributed by atoms with Crippen molar-refractivity contribution in [2.45, 2.75) is 37.1 Å². The molecule has 1 aliphatic rings. The maximum Gasteiger partial charge on any atom is 0.322 e. The third-order valence-electron chi connectivity index (χ3n) is 3.79. The number of nitrogens with zero attached hydrogens (tertiary/aromatic N) is 1. The molecule has 1 heterocycles. The Labute approximate surface area is 131 Å². The Morgan fingerprint density at radius 3 is 2.36 bits per heavy atom. The van der Waals surface area contributed by atoms with Crippen molar-refractivity contribution < 1.29 is 18.3 Å². The first-order valence-corrected chi connectivity index (χ1v) is 8.63. The van der Waals surface area contributed by atoms with Crippen molar-refractivity contribution in [1.29, 1.82) is 0 Å². The lowest BCUT2D eigenvalue weighted by molar-refractivity contribution is -0.140. The lowest BCUT2D eigenvalue weighted by Gasteiger charge is -2.30. The highest BCUT2D eigenvalue weighted by Crippen LogP contribution is 2.25. The molecule has 0 unspecified atom stereocenters. The summed E-state index contributed by atoms with van der Waals surface area (Å²) >= 11 is 0. The van der Waals surface area contributed by atoms with E-state index in [0.717, 1.165) is 5.56 Å². The molecule has 1 aromatic rings. The molecule has 1 aromatic carbocycles. The summed E-state index contributed by atoms with van der Waals surface area (Å²) in [4.78, 5) is 11.2. The first-order valence-electron chi connectivity index (χ1n) is 7.19. The molecule has 6 nitrogen and oxygen atoms in total. The van der Waals surface area contributed by atoms with Crippen LogP contribution in [0.2, 0.25) is 0 Å². The van der Waals surface area contributed by atoms with E-state index in [1.54, 1.807) is 12.1 Å². The van der Waals surface area contributed by atoms with E-state index in [1.165, 1.54) is 4.31 Å². The van der Waals surface area contributed by atoms with E-state index in [4.69, 9.17) is 5.11 Å². The first-order chi connectivity index (χ1) is 10.1. The van der Waals surface area contributed by atoms with Gasteiger partial charge in [-0.1, -0.05) is 32.9 Å². The summed E-state index contributed by atoms with van der Waals surface area (Å²) < 4.78 is 26.5. The van der Waals surface area contributed by atoms with Gasteiger partial charge in [0.15, 0.2) is 0 Å². The summed E-state index contributed by atoms with van der Waals surface area (Å²) in [6.07, 6.45) is 0. The molecule has 0 saturated carbocycles. The van der Waals surface area contributed by atoms with Crippen LogP contribution in [-0.4, -0.2) is 49.5 Å². The molecule has 2 N–H and O–H groups in total. The average molecular weight is 326 g/mol. The van der Waals surface area contributed by atoms with E-state index < -0.39 is 22.0 Å². The molecule has 7 heteroatoms. The molecule has 0 spiro atoms.